The Morgan fingerprint density at radius 2 is 1.05 bits per heavy atom. The van der Waals surface area contributed by atoms with Gasteiger partial charge in [0.15, 0.2) is 6.10 Å². The minimum Gasteiger partial charge on any atom is -0.479 e. The number of unbranched alkanes of at least 4 members (excludes halogenated alkanes) is 13. The second-order valence-electron chi connectivity index (χ2n) is 6.24. The number of carboxylic acid groups (broad SMARTS) is 1. The average molecular weight is 300 g/mol. The van der Waals surface area contributed by atoms with Crippen molar-refractivity contribution in [2.45, 2.75) is 109 Å². The Kier molecular flexibility index (Phi) is 15.4. The number of aliphatic hydroxyl groups excluding tert-OH is 1. The molecule has 0 heterocycles. The van der Waals surface area contributed by atoms with E-state index in [0.717, 1.165) is 12.8 Å². The number of carbonyl (C=O) groups is 1. The fraction of sp³-hybridized carbons (Fsp3) is 0.944. The van der Waals surface area contributed by atoms with E-state index in [2.05, 4.69) is 6.92 Å². The Morgan fingerprint density at radius 3 is 1.38 bits per heavy atom. The van der Waals surface area contributed by atoms with Crippen LogP contribution in [-0.4, -0.2) is 22.3 Å². The van der Waals surface area contributed by atoms with Crippen molar-refractivity contribution in [2.75, 3.05) is 0 Å². The Morgan fingerprint density at radius 1 is 0.714 bits per heavy atom. The molecule has 0 aromatic carbocycles. The third-order valence-electron chi connectivity index (χ3n) is 4.12. The molecule has 2 N–H and O–H groups in total. The van der Waals surface area contributed by atoms with Gasteiger partial charge in [0.2, 0.25) is 0 Å². The summed E-state index contributed by atoms with van der Waals surface area (Å²) in [4.78, 5) is 10.4. The zero-order chi connectivity index (χ0) is 15.8. The van der Waals surface area contributed by atoms with Gasteiger partial charge in [0.05, 0.1) is 0 Å². The average Bonchev–Trinajstić information content (AvgIpc) is 2.47. The van der Waals surface area contributed by atoms with Crippen molar-refractivity contribution < 1.29 is 15.0 Å². The molecule has 0 aliphatic rings. The van der Waals surface area contributed by atoms with Gasteiger partial charge in [-0.05, 0) is 6.42 Å². The summed E-state index contributed by atoms with van der Waals surface area (Å²) < 4.78 is 0. The van der Waals surface area contributed by atoms with Gasteiger partial charge in [-0.2, -0.15) is 0 Å². The number of aliphatic hydroxyl groups is 1. The third-order valence-corrected chi connectivity index (χ3v) is 4.12. The summed E-state index contributed by atoms with van der Waals surface area (Å²) in [6, 6.07) is 0. The zero-order valence-corrected chi connectivity index (χ0v) is 14.0. The van der Waals surface area contributed by atoms with Crippen molar-refractivity contribution in [3.63, 3.8) is 0 Å². The monoisotopic (exact) mass is 300 g/mol. The molecular weight excluding hydrogens is 264 g/mol. The number of rotatable bonds is 16. The lowest BCUT2D eigenvalue weighted by atomic mass is 10.0. The standard InChI is InChI=1S/C18H36O3/c1-2-3-4-5-6-7-8-9-10-11-12-13-14-15-16-17(19)18(20)21/h17,19H,2-16H2,1H3,(H,20,21). The molecule has 0 saturated heterocycles. The SMILES string of the molecule is CCCCCCCCCCCCCCCCC(O)C(=O)O. The number of aliphatic carboxylic acids is 1. The van der Waals surface area contributed by atoms with Crippen molar-refractivity contribution >= 4 is 5.97 Å². The molecular formula is C18H36O3. The van der Waals surface area contributed by atoms with Crippen LogP contribution in [0, 0.1) is 0 Å². The smallest absolute Gasteiger partial charge is 0.332 e. The van der Waals surface area contributed by atoms with E-state index < -0.39 is 12.1 Å². The minimum absolute atomic E-state index is 0.396. The maximum atomic E-state index is 10.4. The van der Waals surface area contributed by atoms with Crippen LogP contribution in [0.4, 0.5) is 0 Å². The van der Waals surface area contributed by atoms with Crippen molar-refractivity contribution in [1.29, 1.82) is 0 Å². The molecule has 0 rings (SSSR count). The first kappa shape index (κ1) is 20.4. The summed E-state index contributed by atoms with van der Waals surface area (Å²) >= 11 is 0. The zero-order valence-electron chi connectivity index (χ0n) is 14.0. The normalized spacial score (nSPS) is 12.5. The first-order valence-corrected chi connectivity index (χ1v) is 9.09. The third kappa shape index (κ3) is 15.6. The summed E-state index contributed by atoms with van der Waals surface area (Å²) in [5, 5.41) is 17.7. The molecule has 3 heteroatoms. The highest BCUT2D eigenvalue weighted by Gasteiger charge is 2.11. The summed E-state index contributed by atoms with van der Waals surface area (Å²) in [5.74, 6) is -1.09. The quantitative estimate of drug-likeness (QED) is 0.380. The van der Waals surface area contributed by atoms with Gasteiger partial charge in [-0.25, -0.2) is 4.79 Å². The fourth-order valence-corrected chi connectivity index (χ4v) is 2.66. The van der Waals surface area contributed by atoms with Crippen molar-refractivity contribution in [2.24, 2.45) is 0 Å². The summed E-state index contributed by atoms with van der Waals surface area (Å²) in [7, 11) is 0. The molecule has 126 valence electrons. The Balaban J connectivity index is 3.04. The molecule has 0 radical (unpaired) electrons. The van der Waals surface area contributed by atoms with Gasteiger partial charge in [-0.15, -0.1) is 0 Å². The maximum absolute atomic E-state index is 10.4. The van der Waals surface area contributed by atoms with Crippen LogP contribution in [0.1, 0.15) is 103 Å². The van der Waals surface area contributed by atoms with Crippen LogP contribution in [0.5, 0.6) is 0 Å². The Bertz CT molecular complexity index is 229. The highest BCUT2D eigenvalue weighted by Crippen LogP contribution is 2.13. The molecule has 0 aliphatic carbocycles. The molecule has 3 nitrogen and oxygen atoms in total. The van der Waals surface area contributed by atoms with Crippen LogP contribution in [-0.2, 0) is 4.79 Å². The molecule has 0 aliphatic heterocycles. The van der Waals surface area contributed by atoms with E-state index in [1.807, 2.05) is 0 Å². The molecule has 0 saturated carbocycles. The molecule has 1 unspecified atom stereocenters. The lowest BCUT2D eigenvalue weighted by molar-refractivity contribution is -0.146. The molecule has 1 atom stereocenters. The van der Waals surface area contributed by atoms with Crippen LogP contribution < -0.4 is 0 Å². The molecule has 0 aromatic rings. The minimum atomic E-state index is -1.16. The molecule has 0 aromatic heterocycles. The van der Waals surface area contributed by atoms with Crippen LogP contribution in [0.2, 0.25) is 0 Å². The largest absolute Gasteiger partial charge is 0.479 e. The molecule has 0 spiro atoms. The predicted octanol–water partition coefficient (Wildman–Crippen LogP) is 5.30. The van der Waals surface area contributed by atoms with E-state index in [4.69, 9.17) is 10.2 Å². The van der Waals surface area contributed by atoms with Crippen molar-refractivity contribution in [3.05, 3.63) is 0 Å². The second kappa shape index (κ2) is 15.8. The van der Waals surface area contributed by atoms with Gasteiger partial charge in [-0.3, -0.25) is 0 Å². The van der Waals surface area contributed by atoms with Gasteiger partial charge >= 0.3 is 5.97 Å². The highest BCUT2D eigenvalue weighted by molar-refractivity contribution is 5.71. The second-order valence-corrected chi connectivity index (χ2v) is 6.24. The van der Waals surface area contributed by atoms with E-state index >= 15 is 0 Å². The van der Waals surface area contributed by atoms with E-state index in [-0.39, 0.29) is 0 Å². The number of carboxylic acids is 1. The van der Waals surface area contributed by atoms with E-state index in [0.29, 0.717) is 6.42 Å². The topological polar surface area (TPSA) is 57.5 Å². The van der Waals surface area contributed by atoms with Gasteiger partial charge < -0.3 is 10.2 Å². The van der Waals surface area contributed by atoms with Gasteiger partial charge in [0, 0.05) is 0 Å². The van der Waals surface area contributed by atoms with Crippen LogP contribution in [0.25, 0.3) is 0 Å². The first-order chi connectivity index (χ1) is 10.2. The molecule has 21 heavy (non-hydrogen) atoms. The van der Waals surface area contributed by atoms with E-state index in [9.17, 15) is 4.79 Å². The Hall–Kier alpha value is -0.570. The fourth-order valence-electron chi connectivity index (χ4n) is 2.66. The molecule has 0 amide bonds. The van der Waals surface area contributed by atoms with Gasteiger partial charge in [-0.1, -0.05) is 96.8 Å². The summed E-state index contributed by atoms with van der Waals surface area (Å²) in [5.41, 5.74) is 0. The lowest BCUT2D eigenvalue weighted by Crippen LogP contribution is -2.18. The lowest BCUT2D eigenvalue weighted by Gasteiger charge is -2.05. The molecule has 0 fully saturated rings. The molecule has 0 bridgehead atoms. The van der Waals surface area contributed by atoms with Crippen molar-refractivity contribution in [1.82, 2.24) is 0 Å². The predicted molar refractivity (Wildman–Crippen MR) is 88.6 cm³/mol. The van der Waals surface area contributed by atoms with Crippen molar-refractivity contribution in [3.8, 4) is 0 Å². The van der Waals surface area contributed by atoms with Crippen LogP contribution in [0.15, 0.2) is 0 Å². The first-order valence-electron chi connectivity index (χ1n) is 9.09. The number of hydrogen-bond donors (Lipinski definition) is 2. The van der Waals surface area contributed by atoms with Crippen LogP contribution >= 0.6 is 0 Å². The Labute approximate surface area is 131 Å². The van der Waals surface area contributed by atoms with Gasteiger partial charge in [0.25, 0.3) is 0 Å². The summed E-state index contributed by atoms with van der Waals surface area (Å²) in [6.07, 6.45) is 17.3. The van der Waals surface area contributed by atoms with Crippen LogP contribution in [0.3, 0.4) is 0 Å². The van der Waals surface area contributed by atoms with E-state index in [1.165, 1.54) is 77.0 Å². The van der Waals surface area contributed by atoms with Gasteiger partial charge in [0.1, 0.15) is 0 Å². The van der Waals surface area contributed by atoms with E-state index in [1.54, 1.807) is 0 Å². The summed E-state index contributed by atoms with van der Waals surface area (Å²) in [6.45, 7) is 2.26. The maximum Gasteiger partial charge on any atom is 0.332 e. The highest BCUT2D eigenvalue weighted by atomic mass is 16.4. The number of hydrogen-bond acceptors (Lipinski definition) is 2.